The topological polar surface area (TPSA) is 85.9 Å². The van der Waals surface area contributed by atoms with E-state index in [9.17, 15) is 9.59 Å². The van der Waals surface area contributed by atoms with Crippen molar-refractivity contribution < 1.29 is 23.8 Å². The van der Waals surface area contributed by atoms with E-state index in [0.29, 0.717) is 35.0 Å². The van der Waals surface area contributed by atoms with Crippen molar-refractivity contribution in [1.29, 1.82) is 0 Å². The molecule has 2 N–H and O–H groups in total. The van der Waals surface area contributed by atoms with Gasteiger partial charge in [-0.05, 0) is 25.1 Å². The van der Waals surface area contributed by atoms with Crippen molar-refractivity contribution in [3.8, 4) is 17.2 Å². The van der Waals surface area contributed by atoms with Crippen molar-refractivity contribution in [3.63, 3.8) is 0 Å². The third-order valence-corrected chi connectivity index (χ3v) is 3.67. The maximum atomic E-state index is 12.7. The fourth-order valence-corrected chi connectivity index (χ4v) is 2.41. The lowest BCUT2D eigenvalue weighted by molar-refractivity contribution is 0.0954. The second-order valence-electron chi connectivity index (χ2n) is 5.30. The third-order valence-electron chi connectivity index (χ3n) is 3.67. The first-order valence-electron chi connectivity index (χ1n) is 8.03. The largest absolute Gasteiger partial charge is 0.496 e. The Morgan fingerprint density at radius 2 is 1.54 bits per heavy atom. The van der Waals surface area contributed by atoms with Crippen molar-refractivity contribution in [3.05, 3.63) is 47.5 Å². The Hall–Kier alpha value is -3.22. The van der Waals surface area contributed by atoms with Gasteiger partial charge in [-0.2, -0.15) is 0 Å². The number of benzene rings is 2. The first-order valence-corrected chi connectivity index (χ1v) is 8.03. The maximum absolute atomic E-state index is 12.7. The number of carbonyl (C=O) groups is 2. The lowest BCUT2D eigenvalue weighted by Gasteiger charge is -2.14. The normalized spacial score (nSPS) is 10.0. The first-order chi connectivity index (χ1) is 12.5. The average molecular weight is 358 g/mol. The summed E-state index contributed by atoms with van der Waals surface area (Å²) in [6.45, 7) is 2.37. The molecule has 26 heavy (non-hydrogen) atoms. The average Bonchev–Trinajstić information content (AvgIpc) is 2.67. The van der Waals surface area contributed by atoms with Crippen LogP contribution in [0.3, 0.4) is 0 Å². The molecule has 0 atom stereocenters. The summed E-state index contributed by atoms with van der Waals surface area (Å²) < 4.78 is 15.7. The van der Waals surface area contributed by atoms with E-state index < -0.39 is 5.91 Å². The number of hydrogen-bond donors (Lipinski definition) is 2. The molecule has 7 heteroatoms. The summed E-state index contributed by atoms with van der Waals surface area (Å²) in [7, 11) is 4.46. The predicted molar refractivity (Wildman–Crippen MR) is 98.5 cm³/mol. The van der Waals surface area contributed by atoms with Crippen LogP contribution in [0.4, 0.5) is 5.69 Å². The molecule has 0 unspecified atom stereocenters. The van der Waals surface area contributed by atoms with E-state index in [1.807, 2.05) is 6.92 Å². The number of methoxy groups -OCH3 is 3. The van der Waals surface area contributed by atoms with Gasteiger partial charge in [0.15, 0.2) is 11.5 Å². The predicted octanol–water partition coefficient (Wildman–Crippen LogP) is 2.71. The van der Waals surface area contributed by atoms with Gasteiger partial charge in [-0.25, -0.2) is 0 Å². The van der Waals surface area contributed by atoms with Crippen LogP contribution in [0.5, 0.6) is 17.2 Å². The van der Waals surface area contributed by atoms with Crippen LogP contribution in [-0.4, -0.2) is 39.7 Å². The zero-order valence-electron chi connectivity index (χ0n) is 15.2. The van der Waals surface area contributed by atoms with E-state index >= 15 is 0 Å². The standard InChI is InChI=1S/C19H22N2O5/c1-5-20-18(22)12-7-6-8-13(9-12)21-19(23)14-10-16(25-3)17(26-4)11-15(14)24-2/h6-11H,5H2,1-4H3,(H,20,22)(H,21,23). The summed E-state index contributed by atoms with van der Waals surface area (Å²) in [6, 6.07) is 9.81. The van der Waals surface area contributed by atoms with Gasteiger partial charge in [0.05, 0.1) is 26.9 Å². The number of anilines is 1. The van der Waals surface area contributed by atoms with Crippen molar-refractivity contribution in [2.24, 2.45) is 0 Å². The van der Waals surface area contributed by atoms with Crippen LogP contribution in [0.15, 0.2) is 36.4 Å². The molecule has 2 aromatic rings. The molecular weight excluding hydrogens is 336 g/mol. The molecule has 138 valence electrons. The summed E-state index contributed by atoms with van der Waals surface area (Å²) >= 11 is 0. The summed E-state index contributed by atoms with van der Waals surface area (Å²) in [5.74, 6) is 0.622. The van der Waals surface area contributed by atoms with Crippen LogP contribution in [0.2, 0.25) is 0 Å². The zero-order valence-corrected chi connectivity index (χ0v) is 15.2. The van der Waals surface area contributed by atoms with Crippen molar-refractivity contribution in [2.75, 3.05) is 33.2 Å². The lowest BCUT2D eigenvalue weighted by Crippen LogP contribution is -2.22. The Labute approximate surface area is 152 Å². The highest BCUT2D eigenvalue weighted by atomic mass is 16.5. The molecular formula is C19H22N2O5. The maximum Gasteiger partial charge on any atom is 0.259 e. The number of rotatable bonds is 7. The molecule has 0 saturated carbocycles. The van der Waals surface area contributed by atoms with Gasteiger partial charge >= 0.3 is 0 Å². The van der Waals surface area contributed by atoms with Gasteiger partial charge in [-0.15, -0.1) is 0 Å². The van der Waals surface area contributed by atoms with Gasteiger partial charge < -0.3 is 24.8 Å². The second kappa shape index (κ2) is 8.75. The van der Waals surface area contributed by atoms with Crippen molar-refractivity contribution in [2.45, 2.75) is 6.92 Å². The second-order valence-corrected chi connectivity index (χ2v) is 5.30. The monoisotopic (exact) mass is 358 g/mol. The number of carbonyl (C=O) groups excluding carboxylic acids is 2. The van der Waals surface area contributed by atoms with Crippen LogP contribution in [0, 0.1) is 0 Å². The van der Waals surface area contributed by atoms with Crippen LogP contribution in [-0.2, 0) is 0 Å². The first kappa shape index (κ1) is 19.1. The number of amides is 2. The quantitative estimate of drug-likeness (QED) is 0.795. The highest BCUT2D eigenvalue weighted by molar-refractivity contribution is 6.07. The van der Waals surface area contributed by atoms with Crippen LogP contribution in [0.1, 0.15) is 27.6 Å². The Balaban J connectivity index is 2.30. The van der Waals surface area contributed by atoms with Gasteiger partial charge in [0.2, 0.25) is 0 Å². The molecule has 0 aliphatic carbocycles. The highest BCUT2D eigenvalue weighted by Gasteiger charge is 2.18. The Bertz CT molecular complexity index is 805. The molecule has 0 spiro atoms. The lowest BCUT2D eigenvalue weighted by atomic mass is 10.1. The van der Waals surface area contributed by atoms with E-state index in [2.05, 4.69) is 10.6 Å². The summed E-state index contributed by atoms with van der Waals surface area (Å²) in [5.41, 5.74) is 1.24. The van der Waals surface area contributed by atoms with Gasteiger partial charge in [0, 0.05) is 29.9 Å². The summed E-state index contributed by atoms with van der Waals surface area (Å²) in [4.78, 5) is 24.6. The molecule has 0 bridgehead atoms. The molecule has 7 nitrogen and oxygen atoms in total. The molecule has 0 aliphatic heterocycles. The molecule has 0 radical (unpaired) electrons. The Morgan fingerprint density at radius 1 is 0.885 bits per heavy atom. The van der Waals surface area contributed by atoms with E-state index in [-0.39, 0.29) is 11.5 Å². The van der Waals surface area contributed by atoms with Crippen molar-refractivity contribution >= 4 is 17.5 Å². The van der Waals surface area contributed by atoms with E-state index in [0.717, 1.165) is 0 Å². The fraction of sp³-hybridized carbons (Fsp3) is 0.263. The molecule has 0 fully saturated rings. The molecule has 2 amide bonds. The molecule has 2 rings (SSSR count). The number of ether oxygens (including phenoxy) is 3. The number of hydrogen-bond acceptors (Lipinski definition) is 5. The fourth-order valence-electron chi connectivity index (χ4n) is 2.41. The minimum absolute atomic E-state index is 0.202. The van der Waals surface area contributed by atoms with E-state index in [1.165, 1.54) is 21.3 Å². The minimum Gasteiger partial charge on any atom is -0.496 e. The third kappa shape index (κ3) is 4.24. The molecule has 0 heterocycles. The SMILES string of the molecule is CCNC(=O)c1cccc(NC(=O)c2cc(OC)c(OC)cc2OC)c1. The summed E-state index contributed by atoms with van der Waals surface area (Å²) in [6.07, 6.45) is 0. The van der Waals surface area contributed by atoms with E-state index in [4.69, 9.17) is 14.2 Å². The van der Waals surface area contributed by atoms with Gasteiger partial charge in [0.1, 0.15) is 5.75 Å². The Morgan fingerprint density at radius 3 is 2.15 bits per heavy atom. The molecule has 0 saturated heterocycles. The van der Waals surface area contributed by atoms with Gasteiger partial charge in [-0.3, -0.25) is 9.59 Å². The minimum atomic E-state index is -0.393. The van der Waals surface area contributed by atoms with Crippen LogP contribution >= 0.6 is 0 Å². The molecule has 2 aromatic carbocycles. The molecule has 0 aromatic heterocycles. The van der Waals surface area contributed by atoms with E-state index in [1.54, 1.807) is 36.4 Å². The summed E-state index contributed by atoms with van der Waals surface area (Å²) in [5, 5.41) is 5.48. The van der Waals surface area contributed by atoms with Gasteiger partial charge in [0.25, 0.3) is 11.8 Å². The van der Waals surface area contributed by atoms with Crippen LogP contribution < -0.4 is 24.8 Å². The van der Waals surface area contributed by atoms with Gasteiger partial charge in [-0.1, -0.05) is 6.07 Å². The van der Waals surface area contributed by atoms with Crippen LogP contribution in [0.25, 0.3) is 0 Å². The Kier molecular flexibility index (Phi) is 6.43. The number of nitrogens with one attached hydrogen (secondary N) is 2. The zero-order chi connectivity index (χ0) is 19.1. The van der Waals surface area contributed by atoms with Crippen molar-refractivity contribution in [1.82, 2.24) is 5.32 Å². The smallest absolute Gasteiger partial charge is 0.259 e. The molecule has 0 aliphatic rings. The highest BCUT2D eigenvalue weighted by Crippen LogP contribution is 2.34.